The molecule has 2 aromatic carbocycles. The lowest BCUT2D eigenvalue weighted by atomic mass is 10.00. The molecule has 4 nitrogen and oxygen atoms in total. The number of hydrogen-bond donors (Lipinski definition) is 1. The van der Waals surface area contributed by atoms with Gasteiger partial charge in [-0.1, -0.05) is 61.5 Å². The van der Waals surface area contributed by atoms with Crippen LogP contribution in [-0.4, -0.2) is 16.5 Å². The van der Waals surface area contributed by atoms with Crippen LogP contribution in [0.5, 0.6) is 0 Å². The van der Waals surface area contributed by atoms with Crippen molar-refractivity contribution < 1.29 is 0 Å². The van der Waals surface area contributed by atoms with Crippen LogP contribution < -0.4 is 10.2 Å². The molecule has 0 spiro atoms. The third kappa shape index (κ3) is 3.69. The SMILES string of the molecule is CCc1cc(N2CCc3ccccc3C2)nc(NCc2ccccc2)n1. The zero-order chi connectivity index (χ0) is 17.8. The fourth-order valence-corrected chi connectivity index (χ4v) is 3.37. The summed E-state index contributed by atoms with van der Waals surface area (Å²) in [7, 11) is 0. The first-order valence-corrected chi connectivity index (χ1v) is 9.29. The van der Waals surface area contributed by atoms with Crippen molar-refractivity contribution in [3.63, 3.8) is 0 Å². The fraction of sp³-hybridized carbons (Fsp3) is 0.273. The van der Waals surface area contributed by atoms with Crippen molar-refractivity contribution in [2.45, 2.75) is 32.9 Å². The van der Waals surface area contributed by atoms with Gasteiger partial charge in [-0.25, -0.2) is 4.98 Å². The second kappa shape index (κ2) is 7.56. The van der Waals surface area contributed by atoms with Gasteiger partial charge in [0.05, 0.1) is 0 Å². The Morgan fingerprint density at radius 2 is 1.73 bits per heavy atom. The van der Waals surface area contributed by atoms with Crippen molar-refractivity contribution in [1.82, 2.24) is 9.97 Å². The number of aromatic nitrogens is 2. The van der Waals surface area contributed by atoms with E-state index in [4.69, 9.17) is 4.98 Å². The van der Waals surface area contributed by atoms with Crippen LogP contribution in [-0.2, 0) is 25.9 Å². The number of benzene rings is 2. The molecule has 2 heterocycles. The van der Waals surface area contributed by atoms with Gasteiger partial charge < -0.3 is 10.2 Å². The van der Waals surface area contributed by atoms with Crippen LogP contribution in [0.2, 0.25) is 0 Å². The molecular formula is C22H24N4. The number of anilines is 2. The maximum atomic E-state index is 4.80. The van der Waals surface area contributed by atoms with Crippen molar-refractivity contribution in [3.05, 3.63) is 83.0 Å². The predicted octanol–water partition coefficient (Wildman–Crippen LogP) is 4.21. The summed E-state index contributed by atoms with van der Waals surface area (Å²) in [4.78, 5) is 11.8. The Labute approximate surface area is 154 Å². The van der Waals surface area contributed by atoms with Crippen LogP contribution in [0.25, 0.3) is 0 Å². The minimum absolute atomic E-state index is 0.710. The number of aryl methyl sites for hydroxylation is 1. The first-order valence-electron chi connectivity index (χ1n) is 9.29. The van der Waals surface area contributed by atoms with Crippen molar-refractivity contribution in [2.24, 2.45) is 0 Å². The maximum absolute atomic E-state index is 4.80. The molecule has 1 aliphatic heterocycles. The molecule has 0 amide bonds. The minimum atomic E-state index is 0.710. The molecule has 0 saturated carbocycles. The van der Waals surface area contributed by atoms with Crippen molar-refractivity contribution in [3.8, 4) is 0 Å². The molecule has 4 heteroatoms. The van der Waals surface area contributed by atoms with Crippen molar-refractivity contribution >= 4 is 11.8 Å². The second-order valence-electron chi connectivity index (χ2n) is 6.67. The van der Waals surface area contributed by atoms with Crippen LogP contribution in [0, 0.1) is 0 Å². The Bertz CT molecular complexity index is 876. The summed E-state index contributed by atoms with van der Waals surface area (Å²) in [5.74, 6) is 1.73. The lowest BCUT2D eigenvalue weighted by Crippen LogP contribution is -2.31. The summed E-state index contributed by atoms with van der Waals surface area (Å²) < 4.78 is 0. The quantitative estimate of drug-likeness (QED) is 0.753. The summed E-state index contributed by atoms with van der Waals surface area (Å²) in [5.41, 5.74) is 5.15. The fourth-order valence-electron chi connectivity index (χ4n) is 3.37. The van der Waals surface area contributed by atoms with Crippen LogP contribution in [0.1, 0.15) is 29.3 Å². The number of nitrogens with zero attached hydrogens (tertiary/aromatic N) is 3. The van der Waals surface area contributed by atoms with E-state index in [-0.39, 0.29) is 0 Å². The Kier molecular flexibility index (Phi) is 4.82. The lowest BCUT2D eigenvalue weighted by Gasteiger charge is -2.30. The average molecular weight is 344 g/mol. The summed E-state index contributed by atoms with van der Waals surface area (Å²) in [6.07, 6.45) is 1.97. The van der Waals surface area contributed by atoms with E-state index >= 15 is 0 Å². The summed E-state index contributed by atoms with van der Waals surface area (Å²) in [5, 5.41) is 3.39. The topological polar surface area (TPSA) is 41.1 Å². The van der Waals surface area contributed by atoms with Gasteiger partial charge in [0.1, 0.15) is 5.82 Å². The van der Waals surface area contributed by atoms with Crippen LogP contribution in [0.4, 0.5) is 11.8 Å². The zero-order valence-corrected chi connectivity index (χ0v) is 15.2. The third-order valence-electron chi connectivity index (χ3n) is 4.88. The monoisotopic (exact) mass is 344 g/mol. The summed E-state index contributed by atoms with van der Waals surface area (Å²) >= 11 is 0. The van der Waals surface area contributed by atoms with Gasteiger partial charge in [0.25, 0.3) is 0 Å². The molecule has 0 atom stereocenters. The number of hydrogen-bond acceptors (Lipinski definition) is 4. The Morgan fingerprint density at radius 3 is 2.54 bits per heavy atom. The molecular weight excluding hydrogens is 320 g/mol. The molecule has 1 aliphatic rings. The van der Waals surface area contributed by atoms with Gasteiger partial charge >= 0.3 is 0 Å². The summed E-state index contributed by atoms with van der Waals surface area (Å²) in [6, 6.07) is 21.2. The molecule has 0 saturated heterocycles. The Hall–Kier alpha value is -2.88. The van der Waals surface area contributed by atoms with E-state index in [9.17, 15) is 0 Å². The van der Waals surface area contributed by atoms with Crippen LogP contribution >= 0.6 is 0 Å². The maximum Gasteiger partial charge on any atom is 0.225 e. The first kappa shape index (κ1) is 16.6. The van der Waals surface area contributed by atoms with Gasteiger partial charge in [0, 0.05) is 31.4 Å². The third-order valence-corrected chi connectivity index (χ3v) is 4.88. The van der Waals surface area contributed by atoms with Crippen molar-refractivity contribution in [1.29, 1.82) is 0 Å². The number of nitrogens with one attached hydrogen (secondary N) is 1. The van der Waals surface area contributed by atoms with Gasteiger partial charge in [-0.2, -0.15) is 4.98 Å². The smallest absolute Gasteiger partial charge is 0.225 e. The molecule has 1 aromatic heterocycles. The highest BCUT2D eigenvalue weighted by Gasteiger charge is 2.18. The van der Waals surface area contributed by atoms with E-state index in [1.165, 1.54) is 16.7 Å². The van der Waals surface area contributed by atoms with Gasteiger partial charge in [0.2, 0.25) is 5.95 Å². The Morgan fingerprint density at radius 1 is 0.962 bits per heavy atom. The largest absolute Gasteiger partial charge is 0.352 e. The Balaban J connectivity index is 1.55. The molecule has 0 radical (unpaired) electrons. The molecule has 26 heavy (non-hydrogen) atoms. The minimum Gasteiger partial charge on any atom is -0.352 e. The highest BCUT2D eigenvalue weighted by atomic mass is 15.2. The number of fused-ring (bicyclic) bond motifs is 1. The van der Waals surface area contributed by atoms with Gasteiger partial charge in [-0.15, -0.1) is 0 Å². The van der Waals surface area contributed by atoms with E-state index in [0.29, 0.717) is 5.95 Å². The van der Waals surface area contributed by atoms with Crippen LogP contribution in [0.3, 0.4) is 0 Å². The van der Waals surface area contributed by atoms with Gasteiger partial charge in [-0.05, 0) is 29.5 Å². The second-order valence-corrected chi connectivity index (χ2v) is 6.67. The molecule has 4 rings (SSSR count). The van der Waals surface area contributed by atoms with Crippen LogP contribution in [0.15, 0.2) is 60.7 Å². The highest BCUT2D eigenvalue weighted by molar-refractivity contribution is 5.48. The first-order chi connectivity index (χ1) is 12.8. The molecule has 0 fully saturated rings. The van der Waals surface area contributed by atoms with E-state index < -0.39 is 0 Å². The standard InChI is InChI=1S/C22H24N4/c1-2-20-14-21(26-13-12-18-10-6-7-11-19(18)16-26)25-22(24-20)23-15-17-8-4-3-5-9-17/h3-11,14H,2,12-13,15-16H2,1H3,(H,23,24,25). The van der Waals surface area contributed by atoms with E-state index in [1.54, 1.807) is 0 Å². The normalized spacial score (nSPS) is 13.3. The molecule has 132 valence electrons. The highest BCUT2D eigenvalue weighted by Crippen LogP contribution is 2.24. The van der Waals surface area contributed by atoms with Gasteiger partial charge in [0.15, 0.2) is 0 Å². The molecule has 0 aliphatic carbocycles. The van der Waals surface area contributed by atoms with E-state index in [2.05, 4.69) is 76.7 Å². The van der Waals surface area contributed by atoms with Crippen molar-refractivity contribution in [2.75, 3.05) is 16.8 Å². The summed E-state index contributed by atoms with van der Waals surface area (Å²) in [6.45, 7) is 4.78. The molecule has 0 bridgehead atoms. The molecule has 0 unspecified atom stereocenters. The molecule has 3 aromatic rings. The van der Waals surface area contributed by atoms with E-state index in [1.807, 2.05) is 6.07 Å². The van der Waals surface area contributed by atoms with Gasteiger partial charge in [-0.3, -0.25) is 0 Å². The average Bonchev–Trinajstić information content (AvgIpc) is 2.72. The molecule has 1 N–H and O–H groups in total. The lowest BCUT2D eigenvalue weighted by molar-refractivity contribution is 0.717. The predicted molar refractivity (Wildman–Crippen MR) is 106 cm³/mol. The van der Waals surface area contributed by atoms with E-state index in [0.717, 1.165) is 44.0 Å². The zero-order valence-electron chi connectivity index (χ0n) is 15.2. The number of rotatable bonds is 5.